The molecule has 1 aliphatic heterocycles. The predicted molar refractivity (Wildman–Crippen MR) is 151 cm³/mol. The van der Waals surface area contributed by atoms with Crippen molar-refractivity contribution in [3.63, 3.8) is 0 Å². The van der Waals surface area contributed by atoms with Gasteiger partial charge in [0.05, 0.1) is 17.1 Å². The Morgan fingerprint density at radius 1 is 0.919 bits per heavy atom. The topological polar surface area (TPSA) is 45.6 Å². The average molecular weight is 520 g/mol. The van der Waals surface area contributed by atoms with Crippen LogP contribution in [0.3, 0.4) is 0 Å². The van der Waals surface area contributed by atoms with Gasteiger partial charge in [0.1, 0.15) is 12.6 Å². The van der Waals surface area contributed by atoms with Crippen LogP contribution in [0.25, 0.3) is 5.69 Å². The van der Waals surface area contributed by atoms with E-state index in [2.05, 4.69) is 11.5 Å². The maximum absolute atomic E-state index is 14.1. The normalized spacial score (nSPS) is 14.4. The van der Waals surface area contributed by atoms with Crippen LogP contribution in [0.5, 0.6) is 0 Å². The van der Waals surface area contributed by atoms with Gasteiger partial charge in [0.2, 0.25) is 11.8 Å². The first-order valence-electron chi connectivity index (χ1n) is 13.6. The molecule has 37 heavy (non-hydrogen) atoms. The molecule has 2 amide bonds. The van der Waals surface area contributed by atoms with Gasteiger partial charge in [-0.3, -0.25) is 14.5 Å². The SMILES string of the molecule is CCCCCCCCC(=O)N(CC(=O)N1c2ccccc2-n2cccc2C1c1cccc(Cl)c1)C(C)C. The van der Waals surface area contributed by atoms with Crippen LogP contribution in [0.4, 0.5) is 5.69 Å². The number of rotatable bonds is 11. The fourth-order valence-electron chi connectivity index (χ4n) is 5.23. The number of hydrogen-bond acceptors (Lipinski definition) is 2. The largest absolute Gasteiger partial charge is 0.331 e. The molecule has 196 valence electrons. The van der Waals surface area contributed by atoms with Crippen molar-refractivity contribution in [1.29, 1.82) is 0 Å². The van der Waals surface area contributed by atoms with Gasteiger partial charge in [-0.05, 0) is 62.2 Å². The van der Waals surface area contributed by atoms with Gasteiger partial charge < -0.3 is 9.47 Å². The van der Waals surface area contributed by atoms with Gasteiger partial charge in [-0.25, -0.2) is 0 Å². The lowest BCUT2D eigenvalue weighted by Crippen LogP contribution is -2.48. The molecule has 0 N–H and O–H groups in total. The molecule has 6 heteroatoms. The summed E-state index contributed by atoms with van der Waals surface area (Å²) in [6.07, 6.45) is 9.26. The molecule has 1 unspecified atom stereocenters. The van der Waals surface area contributed by atoms with Crippen LogP contribution in [-0.4, -0.2) is 33.9 Å². The Kier molecular flexibility index (Phi) is 9.09. The second-order valence-corrected chi connectivity index (χ2v) is 10.6. The third-order valence-electron chi connectivity index (χ3n) is 7.15. The molecule has 2 aromatic carbocycles. The van der Waals surface area contributed by atoms with Gasteiger partial charge in [-0.2, -0.15) is 0 Å². The van der Waals surface area contributed by atoms with Crippen LogP contribution in [0.2, 0.25) is 5.02 Å². The molecule has 0 fully saturated rings. The number of fused-ring (bicyclic) bond motifs is 3. The van der Waals surface area contributed by atoms with Crippen molar-refractivity contribution in [2.45, 2.75) is 77.8 Å². The summed E-state index contributed by atoms with van der Waals surface area (Å²) in [7, 11) is 0. The zero-order valence-corrected chi connectivity index (χ0v) is 23.0. The van der Waals surface area contributed by atoms with Gasteiger partial charge >= 0.3 is 0 Å². The van der Waals surface area contributed by atoms with E-state index in [-0.39, 0.29) is 30.4 Å². The zero-order valence-electron chi connectivity index (χ0n) is 22.2. The summed E-state index contributed by atoms with van der Waals surface area (Å²) in [5, 5.41) is 0.625. The second-order valence-electron chi connectivity index (χ2n) is 10.1. The number of anilines is 1. The quantitative estimate of drug-likeness (QED) is 0.245. The van der Waals surface area contributed by atoms with Crippen LogP contribution in [0.1, 0.15) is 83.0 Å². The molecule has 3 aromatic rings. The van der Waals surface area contributed by atoms with E-state index in [1.165, 1.54) is 19.3 Å². The molecule has 0 saturated heterocycles. The molecule has 0 aliphatic carbocycles. The second kappa shape index (κ2) is 12.5. The summed E-state index contributed by atoms with van der Waals surface area (Å²) < 4.78 is 2.13. The summed E-state index contributed by atoms with van der Waals surface area (Å²) in [6, 6.07) is 19.3. The predicted octanol–water partition coefficient (Wildman–Crippen LogP) is 7.55. The van der Waals surface area contributed by atoms with E-state index in [4.69, 9.17) is 11.6 Å². The van der Waals surface area contributed by atoms with Crippen molar-refractivity contribution in [3.8, 4) is 5.69 Å². The minimum absolute atomic E-state index is 0.0401. The summed E-state index contributed by atoms with van der Waals surface area (Å²) in [5.41, 5.74) is 3.70. The monoisotopic (exact) mass is 519 g/mol. The van der Waals surface area contributed by atoms with E-state index in [1.807, 2.05) is 85.6 Å². The average Bonchev–Trinajstić information content (AvgIpc) is 3.38. The van der Waals surface area contributed by atoms with Crippen LogP contribution in [-0.2, 0) is 9.59 Å². The number of halogens is 1. The van der Waals surface area contributed by atoms with Crippen molar-refractivity contribution in [2.75, 3.05) is 11.4 Å². The van der Waals surface area contributed by atoms with Crippen LogP contribution >= 0.6 is 11.6 Å². The number of aromatic nitrogens is 1. The minimum Gasteiger partial charge on any atom is -0.331 e. The Labute approximate surface area is 226 Å². The van der Waals surface area contributed by atoms with Crippen molar-refractivity contribution >= 4 is 29.1 Å². The van der Waals surface area contributed by atoms with Crippen LogP contribution < -0.4 is 4.90 Å². The van der Waals surface area contributed by atoms with Crippen LogP contribution in [0.15, 0.2) is 66.9 Å². The molecule has 0 saturated carbocycles. The fourth-order valence-corrected chi connectivity index (χ4v) is 5.43. The summed E-state index contributed by atoms with van der Waals surface area (Å²) >= 11 is 6.39. The molecule has 2 heterocycles. The number of unbranched alkanes of at least 4 members (excludes halogenated alkanes) is 5. The highest BCUT2D eigenvalue weighted by Gasteiger charge is 2.37. The van der Waals surface area contributed by atoms with Gasteiger partial charge in [0.15, 0.2) is 0 Å². The lowest BCUT2D eigenvalue weighted by atomic mass is 9.97. The van der Waals surface area contributed by atoms with Crippen molar-refractivity contribution in [3.05, 3.63) is 83.1 Å². The Morgan fingerprint density at radius 2 is 1.65 bits per heavy atom. The standard InChI is InChI=1S/C31H38ClN3O2/c1-4-5-6-7-8-9-19-29(36)34(23(2)3)22-30(37)35-27-17-11-10-16-26(27)33-20-13-18-28(33)31(35)24-14-12-15-25(32)21-24/h10-18,20-21,23,31H,4-9,19,22H2,1-3H3. The molecule has 1 atom stereocenters. The first-order chi connectivity index (χ1) is 17.9. The number of nitrogens with zero attached hydrogens (tertiary/aromatic N) is 3. The molecule has 4 rings (SSSR count). The number of hydrogen-bond donors (Lipinski definition) is 0. The lowest BCUT2D eigenvalue weighted by Gasteiger charge is -2.40. The highest BCUT2D eigenvalue weighted by Crippen LogP contribution is 2.42. The van der Waals surface area contributed by atoms with Crippen molar-refractivity contribution < 1.29 is 9.59 Å². The van der Waals surface area contributed by atoms with E-state index in [0.29, 0.717) is 11.4 Å². The van der Waals surface area contributed by atoms with Gasteiger partial charge in [0, 0.05) is 23.7 Å². The van der Waals surface area contributed by atoms with Crippen LogP contribution in [0, 0.1) is 0 Å². The Balaban J connectivity index is 1.61. The van der Waals surface area contributed by atoms with Crippen molar-refractivity contribution in [1.82, 2.24) is 9.47 Å². The molecule has 0 radical (unpaired) electrons. The maximum atomic E-state index is 14.1. The molecule has 5 nitrogen and oxygen atoms in total. The molecular weight excluding hydrogens is 482 g/mol. The Hall–Kier alpha value is -3.05. The lowest BCUT2D eigenvalue weighted by molar-refractivity contribution is -0.137. The molecule has 0 bridgehead atoms. The van der Waals surface area contributed by atoms with E-state index in [0.717, 1.165) is 41.9 Å². The molecule has 1 aliphatic rings. The fraction of sp³-hybridized carbons (Fsp3) is 0.419. The number of amides is 2. The van der Waals surface area contributed by atoms with Gasteiger partial charge in [-0.15, -0.1) is 0 Å². The third kappa shape index (κ3) is 6.10. The van der Waals surface area contributed by atoms with E-state index < -0.39 is 0 Å². The number of para-hydroxylation sites is 2. The summed E-state index contributed by atoms with van der Waals surface area (Å²) in [6.45, 7) is 6.21. The molecular formula is C31H38ClN3O2. The van der Waals surface area contributed by atoms with Gasteiger partial charge in [-0.1, -0.05) is 74.9 Å². The van der Waals surface area contributed by atoms with Gasteiger partial charge in [0.25, 0.3) is 0 Å². The third-order valence-corrected chi connectivity index (χ3v) is 7.38. The van der Waals surface area contributed by atoms with E-state index >= 15 is 0 Å². The summed E-state index contributed by atoms with van der Waals surface area (Å²) in [5.74, 6) is -0.0540. The van der Waals surface area contributed by atoms with Crippen molar-refractivity contribution in [2.24, 2.45) is 0 Å². The minimum atomic E-state index is -0.348. The Bertz CT molecular complexity index is 1220. The maximum Gasteiger partial charge on any atom is 0.247 e. The summed E-state index contributed by atoms with van der Waals surface area (Å²) in [4.78, 5) is 30.9. The zero-order chi connectivity index (χ0) is 26.4. The number of benzene rings is 2. The smallest absolute Gasteiger partial charge is 0.247 e. The number of carbonyl (C=O) groups is 2. The highest BCUT2D eigenvalue weighted by atomic mass is 35.5. The van der Waals surface area contributed by atoms with E-state index in [1.54, 1.807) is 4.90 Å². The number of carbonyl (C=O) groups excluding carboxylic acids is 2. The highest BCUT2D eigenvalue weighted by molar-refractivity contribution is 6.30. The first kappa shape index (κ1) is 27.0. The Morgan fingerprint density at radius 3 is 2.38 bits per heavy atom. The molecule has 0 spiro atoms. The van der Waals surface area contributed by atoms with E-state index in [9.17, 15) is 9.59 Å². The molecule has 1 aromatic heterocycles. The first-order valence-corrected chi connectivity index (χ1v) is 13.9.